The zero-order valence-corrected chi connectivity index (χ0v) is 15.6. The molecule has 2 rings (SSSR count). The van der Waals surface area contributed by atoms with E-state index in [0.717, 1.165) is 25.9 Å². The lowest BCUT2D eigenvalue weighted by atomic mass is 9.90. The molecule has 2 heteroatoms. The van der Waals surface area contributed by atoms with E-state index in [4.69, 9.17) is 9.72 Å². The smallest absolute Gasteiger partial charge is 0.0716 e. The molecule has 1 aromatic heterocycles. The molecular weight excluding hydrogens is 294 g/mol. The first-order valence-corrected chi connectivity index (χ1v) is 9.10. The lowest BCUT2D eigenvalue weighted by Crippen LogP contribution is -2.15. The van der Waals surface area contributed by atoms with Crippen LogP contribution in [0.15, 0.2) is 48.5 Å². The number of nitrogens with zero attached hydrogens (tertiary/aromatic N) is 1. The molecule has 130 valence electrons. The number of rotatable bonds is 8. The molecule has 0 fully saturated rings. The van der Waals surface area contributed by atoms with Gasteiger partial charge in [-0.3, -0.25) is 4.98 Å². The topological polar surface area (TPSA) is 22.1 Å². The molecule has 1 aromatic carbocycles. The second-order valence-corrected chi connectivity index (χ2v) is 7.48. The van der Waals surface area contributed by atoms with Crippen molar-refractivity contribution < 1.29 is 4.74 Å². The van der Waals surface area contributed by atoms with Crippen molar-refractivity contribution in [3.05, 3.63) is 65.5 Å². The summed E-state index contributed by atoms with van der Waals surface area (Å²) in [6, 6.07) is 16.8. The highest BCUT2D eigenvalue weighted by Crippen LogP contribution is 2.26. The van der Waals surface area contributed by atoms with E-state index < -0.39 is 0 Å². The van der Waals surface area contributed by atoms with Gasteiger partial charge in [-0.25, -0.2) is 0 Å². The van der Waals surface area contributed by atoms with Gasteiger partial charge >= 0.3 is 0 Å². The molecule has 0 N–H and O–H groups in total. The number of ether oxygens (including phenoxy) is 1. The molecule has 0 aliphatic heterocycles. The quantitative estimate of drug-likeness (QED) is 0.566. The summed E-state index contributed by atoms with van der Waals surface area (Å²) in [6.45, 7) is 10.4. The van der Waals surface area contributed by atoms with Gasteiger partial charge in [0.15, 0.2) is 0 Å². The van der Waals surface area contributed by atoms with Crippen LogP contribution < -0.4 is 0 Å². The van der Waals surface area contributed by atoms with E-state index in [1.54, 1.807) is 0 Å². The normalized spacial score (nSPS) is 13.0. The van der Waals surface area contributed by atoms with E-state index in [-0.39, 0.29) is 5.41 Å². The maximum absolute atomic E-state index is 5.81. The molecule has 0 spiro atoms. The maximum atomic E-state index is 5.81. The SMILES string of the molecule is CCC(CCCOCc1ccccc1)c1cccc(C(C)(C)C)n1. The van der Waals surface area contributed by atoms with Gasteiger partial charge in [0.05, 0.1) is 6.61 Å². The molecule has 0 radical (unpaired) electrons. The van der Waals surface area contributed by atoms with E-state index in [1.165, 1.54) is 17.0 Å². The van der Waals surface area contributed by atoms with Crippen molar-refractivity contribution in [2.45, 2.75) is 64.9 Å². The number of hydrogen-bond donors (Lipinski definition) is 0. The van der Waals surface area contributed by atoms with Crippen molar-refractivity contribution in [3.63, 3.8) is 0 Å². The Morgan fingerprint density at radius 3 is 2.42 bits per heavy atom. The average Bonchev–Trinajstić information content (AvgIpc) is 2.58. The van der Waals surface area contributed by atoms with Gasteiger partial charge < -0.3 is 4.74 Å². The van der Waals surface area contributed by atoms with Crippen LogP contribution in [0.1, 0.15) is 69.8 Å². The standard InChI is InChI=1S/C22H31NO/c1-5-19(20-14-9-15-21(23-20)22(2,3)4)13-10-16-24-17-18-11-7-6-8-12-18/h6-9,11-12,14-15,19H,5,10,13,16-17H2,1-4H3. The van der Waals surface area contributed by atoms with Crippen molar-refractivity contribution in [2.24, 2.45) is 0 Å². The van der Waals surface area contributed by atoms with Crippen LogP contribution in [0.2, 0.25) is 0 Å². The zero-order valence-electron chi connectivity index (χ0n) is 15.6. The van der Waals surface area contributed by atoms with Gasteiger partial charge in [-0.15, -0.1) is 0 Å². The number of benzene rings is 1. The minimum absolute atomic E-state index is 0.104. The summed E-state index contributed by atoms with van der Waals surface area (Å²) in [4.78, 5) is 4.92. The monoisotopic (exact) mass is 325 g/mol. The summed E-state index contributed by atoms with van der Waals surface area (Å²) in [5, 5.41) is 0. The molecule has 0 bridgehead atoms. The van der Waals surface area contributed by atoms with Crippen LogP contribution in [0.3, 0.4) is 0 Å². The molecule has 24 heavy (non-hydrogen) atoms. The van der Waals surface area contributed by atoms with Gasteiger partial charge in [0.25, 0.3) is 0 Å². The lowest BCUT2D eigenvalue weighted by molar-refractivity contribution is 0.115. The van der Waals surface area contributed by atoms with Crippen molar-refractivity contribution in [1.82, 2.24) is 4.98 Å². The maximum Gasteiger partial charge on any atom is 0.0716 e. The van der Waals surface area contributed by atoms with Gasteiger partial charge in [0.1, 0.15) is 0 Å². The average molecular weight is 325 g/mol. The molecule has 0 aliphatic carbocycles. The predicted molar refractivity (Wildman–Crippen MR) is 101 cm³/mol. The third kappa shape index (κ3) is 5.76. The van der Waals surface area contributed by atoms with Crippen LogP contribution in [-0.4, -0.2) is 11.6 Å². The van der Waals surface area contributed by atoms with E-state index in [9.17, 15) is 0 Å². The van der Waals surface area contributed by atoms with Gasteiger partial charge in [0.2, 0.25) is 0 Å². The second-order valence-electron chi connectivity index (χ2n) is 7.48. The molecule has 1 atom stereocenters. The van der Waals surface area contributed by atoms with E-state index in [1.807, 2.05) is 6.07 Å². The minimum atomic E-state index is 0.104. The van der Waals surface area contributed by atoms with Crippen LogP contribution in [0.5, 0.6) is 0 Å². The van der Waals surface area contributed by atoms with Crippen molar-refractivity contribution in [2.75, 3.05) is 6.61 Å². The summed E-state index contributed by atoms with van der Waals surface area (Å²) >= 11 is 0. The Labute approximate surface area is 147 Å². The highest BCUT2D eigenvalue weighted by atomic mass is 16.5. The van der Waals surface area contributed by atoms with E-state index in [2.05, 4.69) is 70.2 Å². The van der Waals surface area contributed by atoms with Crippen LogP contribution >= 0.6 is 0 Å². The van der Waals surface area contributed by atoms with E-state index >= 15 is 0 Å². The van der Waals surface area contributed by atoms with Crippen molar-refractivity contribution in [1.29, 1.82) is 0 Å². The molecule has 2 nitrogen and oxygen atoms in total. The Kier molecular flexibility index (Phi) is 6.99. The number of pyridine rings is 1. The Balaban J connectivity index is 1.82. The summed E-state index contributed by atoms with van der Waals surface area (Å²) in [6.07, 6.45) is 3.33. The molecule has 0 aliphatic rings. The fourth-order valence-electron chi connectivity index (χ4n) is 2.85. The third-order valence-electron chi connectivity index (χ3n) is 4.40. The van der Waals surface area contributed by atoms with Crippen molar-refractivity contribution in [3.8, 4) is 0 Å². The first-order valence-electron chi connectivity index (χ1n) is 9.10. The Bertz CT molecular complexity index is 601. The molecule has 1 unspecified atom stereocenters. The first kappa shape index (κ1) is 18.7. The first-order chi connectivity index (χ1) is 11.5. The Morgan fingerprint density at radius 2 is 1.75 bits per heavy atom. The summed E-state index contributed by atoms with van der Waals surface area (Å²) in [5.74, 6) is 0.521. The number of aromatic nitrogens is 1. The Hall–Kier alpha value is -1.67. The highest BCUT2D eigenvalue weighted by Gasteiger charge is 2.18. The number of hydrogen-bond acceptors (Lipinski definition) is 2. The molecule has 2 aromatic rings. The van der Waals surface area contributed by atoms with Crippen LogP contribution in [0, 0.1) is 0 Å². The fraction of sp³-hybridized carbons (Fsp3) is 0.500. The lowest BCUT2D eigenvalue weighted by Gasteiger charge is -2.21. The van der Waals surface area contributed by atoms with Crippen LogP contribution in [-0.2, 0) is 16.8 Å². The summed E-state index contributed by atoms with van der Waals surface area (Å²) in [5.41, 5.74) is 3.75. The Morgan fingerprint density at radius 1 is 1.00 bits per heavy atom. The highest BCUT2D eigenvalue weighted by molar-refractivity contribution is 5.20. The van der Waals surface area contributed by atoms with Crippen molar-refractivity contribution >= 4 is 0 Å². The van der Waals surface area contributed by atoms with Crippen LogP contribution in [0.25, 0.3) is 0 Å². The zero-order chi connectivity index (χ0) is 17.4. The molecule has 0 saturated carbocycles. The molecule has 0 amide bonds. The van der Waals surface area contributed by atoms with Gasteiger partial charge in [-0.2, -0.15) is 0 Å². The van der Waals surface area contributed by atoms with Crippen LogP contribution in [0.4, 0.5) is 0 Å². The summed E-state index contributed by atoms with van der Waals surface area (Å²) < 4.78 is 5.81. The molecular formula is C22H31NO. The second kappa shape index (κ2) is 8.98. The molecule has 0 saturated heterocycles. The largest absolute Gasteiger partial charge is 0.377 e. The summed E-state index contributed by atoms with van der Waals surface area (Å²) in [7, 11) is 0. The third-order valence-corrected chi connectivity index (χ3v) is 4.40. The van der Waals surface area contributed by atoms with E-state index in [0.29, 0.717) is 12.5 Å². The fourth-order valence-corrected chi connectivity index (χ4v) is 2.85. The predicted octanol–water partition coefficient (Wildman–Crippen LogP) is 5.87. The molecule has 1 heterocycles. The minimum Gasteiger partial charge on any atom is -0.377 e. The van der Waals surface area contributed by atoms with Gasteiger partial charge in [-0.1, -0.05) is 64.1 Å². The van der Waals surface area contributed by atoms with Gasteiger partial charge in [0, 0.05) is 29.3 Å². The van der Waals surface area contributed by atoms with Gasteiger partial charge in [-0.05, 0) is 37.0 Å².